The maximum Gasteiger partial charge on any atom is 0.230 e. The van der Waals surface area contributed by atoms with Gasteiger partial charge in [-0.3, -0.25) is 9.36 Å². The zero-order valence-corrected chi connectivity index (χ0v) is 14.6. The van der Waals surface area contributed by atoms with Crippen LogP contribution in [0.15, 0.2) is 35.7 Å². The zero-order valence-electron chi connectivity index (χ0n) is 13.7. The number of hydrogen-bond acceptors (Lipinski definition) is 4. The first-order valence-corrected chi connectivity index (χ1v) is 8.61. The Morgan fingerprint density at radius 2 is 2.22 bits per heavy atom. The number of nitrogens with one attached hydrogen (secondary N) is 1. The fraction of sp³-hybridized carbons (Fsp3) is 0.412. The lowest BCUT2D eigenvalue weighted by molar-refractivity contribution is -0.118. The van der Waals surface area contributed by atoms with E-state index in [0.717, 1.165) is 16.4 Å². The van der Waals surface area contributed by atoms with Crippen molar-refractivity contribution >= 4 is 17.7 Å². The number of hydrogen-bond donors (Lipinski definition) is 2. The van der Waals surface area contributed by atoms with E-state index in [1.54, 1.807) is 6.20 Å². The van der Waals surface area contributed by atoms with Crippen LogP contribution in [0, 0.1) is 19.8 Å². The number of carbonyl (C=O) groups is 1. The topological polar surface area (TPSA) is 67.2 Å². The van der Waals surface area contributed by atoms with Gasteiger partial charge in [0.15, 0.2) is 5.16 Å². The number of rotatable bonds is 7. The van der Waals surface area contributed by atoms with Gasteiger partial charge in [0.05, 0.1) is 11.4 Å². The third kappa shape index (κ3) is 4.84. The Balaban J connectivity index is 2.02. The molecule has 0 saturated heterocycles. The molecule has 23 heavy (non-hydrogen) atoms. The van der Waals surface area contributed by atoms with Crippen LogP contribution in [0.1, 0.15) is 18.1 Å². The van der Waals surface area contributed by atoms with Crippen LogP contribution >= 0.6 is 11.8 Å². The van der Waals surface area contributed by atoms with Crippen molar-refractivity contribution in [3.05, 3.63) is 41.7 Å². The molecule has 0 saturated carbocycles. The van der Waals surface area contributed by atoms with Crippen molar-refractivity contribution in [1.82, 2.24) is 14.9 Å². The molecule has 0 aliphatic heterocycles. The highest BCUT2D eigenvalue weighted by atomic mass is 32.2. The van der Waals surface area contributed by atoms with Gasteiger partial charge in [0.1, 0.15) is 0 Å². The van der Waals surface area contributed by atoms with Crippen LogP contribution < -0.4 is 5.32 Å². The monoisotopic (exact) mass is 333 g/mol. The number of aliphatic hydroxyl groups excluding tert-OH is 1. The van der Waals surface area contributed by atoms with Crippen LogP contribution in [0.2, 0.25) is 0 Å². The molecule has 2 aromatic rings. The van der Waals surface area contributed by atoms with Crippen molar-refractivity contribution in [3.8, 4) is 5.69 Å². The minimum atomic E-state index is -0.0502. The number of imidazole rings is 1. The number of aryl methyl sites for hydroxylation is 2. The SMILES string of the molecule is Cc1ccc(C)c(-n2ccnc2SCC(=O)NCC(C)CO)c1. The summed E-state index contributed by atoms with van der Waals surface area (Å²) in [4.78, 5) is 16.2. The number of nitrogens with zero attached hydrogens (tertiary/aromatic N) is 2. The quantitative estimate of drug-likeness (QED) is 0.763. The van der Waals surface area contributed by atoms with Crippen LogP contribution in [-0.2, 0) is 4.79 Å². The Bertz CT molecular complexity index is 670. The van der Waals surface area contributed by atoms with E-state index in [9.17, 15) is 4.79 Å². The minimum absolute atomic E-state index is 0.0502. The average Bonchev–Trinajstić information content (AvgIpc) is 3.01. The number of carbonyl (C=O) groups excluding carboxylic acids is 1. The third-order valence-corrected chi connectivity index (χ3v) is 4.49. The number of aliphatic hydroxyl groups is 1. The number of amides is 1. The van der Waals surface area contributed by atoms with Crippen LogP contribution in [-0.4, -0.2) is 39.5 Å². The van der Waals surface area contributed by atoms with Crippen molar-refractivity contribution in [3.63, 3.8) is 0 Å². The summed E-state index contributed by atoms with van der Waals surface area (Å²) in [6.45, 7) is 6.57. The molecule has 2 rings (SSSR count). The number of benzene rings is 1. The molecule has 1 unspecified atom stereocenters. The summed E-state index contributed by atoms with van der Waals surface area (Å²) in [5, 5.41) is 12.6. The smallest absolute Gasteiger partial charge is 0.230 e. The molecule has 0 aliphatic carbocycles. The second kappa shape index (κ2) is 8.17. The molecule has 0 radical (unpaired) electrons. The predicted molar refractivity (Wildman–Crippen MR) is 93.0 cm³/mol. The van der Waals surface area contributed by atoms with Crippen LogP contribution in [0.4, 0.5) is 0 Å². The first kappa shape index (κ1) is 17.6. The number of thioether (sulfide) groups is 1. The largest absolute Gasteiger partial charge is 0.396 e. The third-order valence-electron chi connectivity index (χ3n) is 3.52. The van der Waals surface area contributed by atoms with Crippen LogP contribution in [0.5, 0.6) is 0 Å². The Hall–Kier alpha value is -1.79. The van der Waals surface area contributed by atoms with Crippen molar-refractivity contribution < 1.29 is 9.90 Å². The van der Waals surface area contributed by atoms with Crippen LogP contribution in [0.25, 0.3) is 5.69 Å². The highest BCUT2D eigenvalue weighted by Crippen LogP contribution is 2.23. The predicted octanol–water partition coefficient (Wildman–Crippen LogP) is 2.33. The molecule has 6 heteroatoms. The normalized spacial score (nSPS) is 12.2. The fourth-order valence-corrected chi connectivity index (χ4v) is 2.89. The lowest BCUT2D eigenvalue weighted by Crippen LogP contribution is -2.30. The van der Waals surface area contributed by atoms with Gasteiger partial charge in [0.2, 0.25) is 5.91 Å². The second-order valence-electron chi connectivity index (χ2n) is 5.75. The van der Waals surface area contributed by atoms with E-state index in [2.05, 4.69) is 42.3 Å². The lowest BCUT2D eigenvalue weighted by Gasteiger charge is -2.12. The maximum atomic E-state index is 11.9. The molecule has 5 nitrogen and oxygen atoms in total. The molecule has 2 N–H and O–H groups in total. The highest BCUT2D eigenvalue weighted by Gasteiger charge is 2.11. The molecule has 1 aromatic carbocycles. The summed E-state index contributed by atoms with van der Waals surface area (Å²) < 4.78 is 2.01. The van der Waals surface area contributed by atoms with Crippen molar-refractivity contribution in [2.75, 3.05) is 18.9 Å². The van der Waals surface area contributed by atoms with E-state index < -0.39 is 0 Å². The summed E-state index contributed by atoms with van der Waals surface area (Å²) in [7, 11) is 0. The first-order valence-electron chi connectivity index (χ1n) is 7.62. The summed E-state index contributed by atoms with van der Waals surface area (Å²) in [5.74, 6) is 0.326. The molecule has 0 bridgehead atoms. The van der Waals surface area contributed by atoms with Crippen LogP contribution in [0.3, 0.4) is 0 Å². The van der Waals surface area contributed by atoms with Crippen molar-refractivity contribution in [1.29, 1.82) is 0 Å². The molecule has 1 amide bonds. The van der Waals surface area contributed by atoms with Gasteiger partial charge in [-0.2, -0.15) is 0 Å². The van der Waals surface area contributed by atoms with Gasteiger partial charge in [0.25, 0.3) is 0 Å². The van der Waals surface area contributed by atoms with Gasteiger partial charge in [0, 0.05) is 25.5 Å². The molecular formula is C17H23N3O2S. The number of aromatic nitrogens is 2. The summed E-state index contributed by atoms with van der Waals surface area (Å²) >= 11 is 1.41. The standard InChI is InChI=1S/C17H23N3O2S/c1-12-4-5-14(3)15(8-12)20-7-6-18-17(20)23-11-16(22)19-9-13(2)10-21/h4-8,13,21H,9-11H2,1-3H3,(H,19,22). The van der Waals surface area contributed by atoms with Crippen molar-refractivity contribution in [2.24, 2.45) is 5.92 Å². The van der Waals surface area contributed by atoms with E-state index in [1.165, 1.54) is 17.3 Å². The zero-order chi connectivity index (χ0) is 16.8. The van der Waals surface area contributed by atoms with E-state index in [1.807, 2.05) is 17.7 Å². The maximum absolute atomic E-state index is 11.9. The summed E-state index contributed by atoms with van der Waals surface area (Å²) in [5.41, 5.74) is 3.43. The molecule has 124 valence electrons. The van der Waals surface area contributed by atoms with Gasteiger partial charge in [-0.25, -0.2) is 4.98 Å². The molecule has 0 spiro atoms. The van der Waals surface area contributed by atoms with Gasteiger partial charge in [-0.15, -0.1) is 0 Å². The Morgan fingerprint density at radius 1 is 1.43 bits per heavy atom. The Kier molecular flexibility index (Phi) is 6.24. The molecule has 1 atom stereocenters. The highest BCUT2D eigenvalue weighted by molar-refractivity contribution is 7.99. The molecule has 0 fully saturated rings. The molecular weight excluding hydrogens is 310 g/mol. The fourth-order valence-electron chi connectivity index (χ4n) is 2.09. The van der Waals surface area contributed by atoms with Crippen molar-refractivity contribution in [2.45, 2.75) is 25.9 Å². The molecule has 1 aromatic heterocycles. The molecule has 1 heterocycles. The second-order valence-corrected chi connectivity index (χ2v) is 6.69. The first-order chi connectivity index (χ1) is 11.0. The van der Waals surface area contributed by atoms with E-state index in [-0.39, 0.29) is 18.4 Å². The Morgan fingerprint density at radius 3 is 2.96 bits per heavy atom. The minimum Gasteiger partial charge on any atom is -0.396 e. The van der Waals surface area contributed by atoms with Gasteiger partial charge >= 0.3 is 0 Å². The van der Waals surface area contributed by atoms with Gasteiger partial charge in [-0.1, -0.05) is 30.8 Å². The van der Waals surface area contributed by atoms with Gasteiger partial charge < -0.3 is 10.4 Å². The average molecular weight is 333 g/mol. The summed E-state index contributed by atoms with van der Waals surface area (Å²) in [6.07, 6.45) is 3.66. The lowest BCUT2D eigenvalue weighted by atomic mass is 10.1. The van der Waals surface area contributed by atoms with Gasteiger partial charge in [-0.05, 0) is 37.0 Å². The Labute approximate surface area is 141 Å². The van der Waals surface area contributed by atoms with E-state index >= 15 is 0 Å². The van der Waals surface area contributed by atoms with E-state index in [4.69, 9.17) is 5.11 Å². The summed E-state index contributed by atoms with van der Waals surface area (Å²) in [6, 6.07) is 6.28. The van der Waals surface area contributed by atoms with E-state index in [0.29, 0.717) is 12.3 Å². The molecule has 0 aliphatic rings.